The first-order valence-electron chi connectivity index (χ1n) is 5.96. The molecular weight excluding hydrogens is 327 g/mol. The molecule has 0 saturated carbocycles. The lowest BCUT2D eigenvalue weighted by Gasteiger charge is -2.08. The maximum Gasteiger partial charge on any atom is 0.250 e. The summed E-state index contributed by atoms with van der Waals surface area (Å²) >= 11 is 3.14. The molecule has 1 amide bonds. The van der Waals surface area contributed by atoms with Crippen LogP contribution in [0.4, 0.5) is 10.1 Å². The Morgan fingerprint density at radius 2 is 2.10 bits per heavy atom. The van der Waals surface area contributed by atoms with Gasteiger partial charge in [-0.15, -0.1) is 0 Å². The number of rotatable bonds is 4. The van der Waals surface area contributed by atoms with E-state index < -0.39 is 5.82 Å². The number of anilines is 1. The highest BCUT2D eigenvalue weighted by Gasteiger charge is 2.07. The van der Waals surface area contributed by atoms with Crippen LogP contribution in [0.25, 0.3) is 0 Å². The highest BCUT2D eigenvalue weighted by atomic mass is 79.9. The van der Waals surface area contributed by atoms with Gasteiger partial charge in [0.2, 0.25) is 5.91 Å². The average molecular weight is 339 g/mol. The summed E-state index contributed by atoms with van der Waals surface area (Å²) in [5, 5.41) is 2.48. The number of hydrogen-bond donors (Lipinski definition) is 1. The molecule has 0 aliphatic rings. The smallest absolute Gasteiger partial charge is 0.250 e. The summed E-state index contributed by atoms with van der Waals surface area (Å²) in [7, 11) is 0. The molecule has 6 heteroatoms. The SMILES string of the molecule is O=C(CCn1ccccc1=O)Nc1ccc(Br)cc1F. The van der Waals surface area contributed by atoms with Crippen LogP contribution in [0.3, 0.4) is 0 Å². The summed E-state index contributed by atoms with van der Waals surface area (Å²) < 4.78 is 15.6. The molecule has 0 aliphatic carbocycles. The first-order chi connectivity index (χ1) is 9.56. The van der Waals surface area contributed by atoms with E-state index in [9.17, 15) is 14.0 Å². The minimum absolute atomic E-state index is 0.0967. The van der Waals surface area contributed by atoms with Crippen LogP contribution in [0.15, 0.2) is 51.9 Å². The summed E-state index contributed by atoms with van der Waals surface area (Å²) in [6.07, 6.45) is 1.70. The second-order valence-electron chi connectivity index (χ2n) is 4.15. The Balaban J connectivity index is 1.96. The van der Waals surface area contributed by atoms with Gasteiger partial charge in [-0.3, -0.25) is 9.59 Å². The highest BCUT2D eigenvalue weighted by molar-refractivity contribution is 9.10. The largest absolute Gasteiger partial charge is 0.324 e. The molecule has 0 bridgehead atoms. The van der Waals surface area contributed by atoms with E-state index in [4.69, 9.17) is 0 Å². The third-order valence-corrected chi connectivity index (χ3v) is 3.18. The average Bonchev–Trinajstić information content (AvgIpc) is 2.41. The molecular formula is C14H12BrFN2O2. The zero-order valence-corrected chi connectivity index (χ0v) is 12.1. The third kappa shape index (κ3) is 3.77. The number of hydrogen-bond acceptors (Lipinski definition) is 2. The molecule has 0 saturated heterocycles. The lowest BCUT2D eigenvalue weighted by Crippen LogP contribution is -2.22. The van der Waals surface area contributed by atoms with Crippen LogP contribution < -0.4 is 10.9 Å². The van der Waals surface area contributed by atoms with E-state index in [-0.39, 0.29) is 30.1 Å². The van der Waals surface area contributed by atoms with Gasteiger partial charge in [-0.2, -0.15) is 0 Å². The molecule has 1 aromatic carbocycles. The summed E-state index contributed by atoms with van der Waals surface area (Å²) in [4.78, 5) is 23.2. The van der Waals surface area contributed by atoms with Crippen LogP contribution in [-0.2, 0) is 11.3 Å². The minimum Gasteiger partial charge on any atom is -0.324 e. The number of halogens is 2. The first-order valence-corrected chi connectivity index (χ1v) is 6.76. The van der Waals surface area contributed by atoms with Crippen molar-refractivity contribution < 1.29 is 9.18 Å². The van der Waals surface area contributed by atoms with Crippen molar-refractivity contribution in [2.24, 2.45) is 0 Å². The fourth-order valence-corrected chi connectivity index (χ4v) is 2.00. The summed E-state index contributed by atoms with van der Waals surface area (Å²) in [6, 6.07) is 9.17. The maximum atomic E-state index is 13.5. The van der Waals surface area contributed by atoms with Crippen molar-refractivity contribution in [3.05, 3.63) is 63.2 Å². The molecule has 4 nitrogen and oxygen atoms in total. The summed E-state index contributed by atoms with van der Waals surface area (Å²) in [5.41, 5.74) is -0.0475. The molecule has 104 valence electrons. The Labute approximate surface area is 123 Å². The molecule has 0 radical (unpaired) electrons. The quantitative estimate of drug-likeness (QED) is 0.931. The van der Waals surface area contributed by atoms with E-state index in [2.05, 4.69) is 21.2 Å². The second-order valence-corrected chi connectivity index (χ2v) is 5.07. The molecule has 1 heterocycles. The van der Waals surface area contributed by atoms with Gasteiger partial charge in [0.25, 0.3) is 5.56 Å². The maximum absolute atomic E-state index is 13.5. The molecule has 2 aromatic rings. The molecule has 1 N–H and O–H groups in total. The van der Waals surface area contributed by atoms with E-state index in [1.807, 2.05) is 0 Å². The van der Waals surface area contributed by atoms with E-state index in [0.29, 0.717) is 4.47 Å². The Morgan fingerprint density at radius 3 is 2.80 bits per heavy atom. The Morgan fingerprint density at radius 1 is 1.30 bits per heavy atom. The first kappa shape index (κ1) is 14.5. The molecule has 1 aromatic heterocycles. The van der Waals surface area contributed by atoms with Crippen molar-refractivity contribution in [3.8, 4) is 0 Å². The number of pyridine rings is 1. The Hall–Kier alpha value is -1.95. The third-order valence-electron chi connectivity index (χ3n) is 2.68. The van der Waals surface area contributed by atoms with Crippen LogP contribution in [0.2, 0.25) is 0 Å². The van der Waals surface area contributed by atoms with E-state index >= 15 is 0 Å². The van der Waals surface area contributed by atoms with Gasteiger partial charge in [0.1, 0.15) is 5.82 Å². The molecule has 20 heavy (non-hydrogen) atoms. The van der Waals surface area contributed by atoms with Crippen LogP contribution in [0.1, 0.15) is 6.42 Å². The monoisotopic (exact) mass is 338 g/mol. The molecule has 0 spiro atoms. The number of nitrogens with one attached hydrogen (secondary N) is 1. The molecule has 0 fully saturated rings. The molecule has 0 unspecified atom stereocenters. The number of carbonyl (C=O) groups excluding carboxylic acids is 1. The van der Waals surface area contributed by atoms with Crippen molar-refractivity contribution in [2.75, 3.05) is 5.32 Å². The van der Waals surface area contributed by atoms with Gasteiger partial charge in [0.15, 0.2) is 0 Å². The second kappa shape index (κ2) is 6.47. The van der Waals surface area contributed by atoms with Crippen molar-refractivity contribution in [1.29, 1.82) is 0 Å². The highest BCUT2D eigenvalue weighted by Crippen LogP contribution is 2.19. The van der Waals surface area contributed by atoms with Gasteiger partial charge >= 0.3 is 0 Å². The Kier molecular flexibility index (Phi) is 4.68. The van der Waals surface area contributed by atoms with Gasteiger partial charge < -0.3 is 9.88 Å². The minimum atomic E-state index is -0.510. The fraction of sp³-hybridized carbons (Fsp3) is 0.143. The zero-order chi connectivity index (χ0) is 14.5. The van der Waals surface area contributed by atoms with Crippen LogP contribution in [0, 0.1) is 5.82 Å². The van der Waals surface area contributed by atoms with E-state index in [1.165, 1.54) is 22.8 Å². The number of nitrogens with zero attached hydrogens (tertiary/aromatic N) is 1. The van der Waals surface area contributed by atoms with Crippen molar-refractivity contribution >= 4 is 27.5 Å². The van der Waals surface area contributed by atoms with Gasteiger partial charge in [0.05, 0.1) is 5.69 Å². The standard InChI is InChI=1S/C14H12BrFN2O2/c15-10-4-5-12(11(16)9-10)17-13(19)6-8-18-7-2-1-3-14(18)20/h1-5,7,9H,6,8H2,(H,17,19). The van der Waals surface area contributed by atoms with Gasteiger partial charge in [-0.25, -0.2) is 4.39 Å². The zero-order valence-electron chi connectivity index (χ0n) is 10.5. The number of amides is 1. The van der Waals surface area contributed by atoms with Crippen LogP contribution in [-0.4, -0.2) is 10.5 Å². The fourth-order valence-electron chi connectivity index (χ4n) is 1.67. The topological polar surface area (TPSA) is 51.1 Å². The van der Waals surface area contributed by atoms with Crippen LogP contribution in [0.5, 0.6) is 0 Å². The number of aromatic nitrogens is 1. The van der Waals surface area contributed by atoms with Crippen molar-refractivity contribution in [1.82, 2.24) is 4.57 Å². The molecule has 2 rings (SSSR count). The summed E-state index contributed by atoms with van der Waals surface area (Å²) in [6.45, 7) is 0.254. The predicted molar refractivity (Wildman–Crippen MR) is 78.0 cm³/mol. The summed E-state index contributed by atoms with van der Waals surface area (Å²) in [5.74, 6) is -0.855. The van der Waals surface area contributed by atoms with Crippen LogP contribution >= 0.6 is 15.9 Å². The van der Waals surface area contributed by atoms with Gasteiger partial charge in [-0.1, -0.05) is 22.0 Å². The Bertz CT molecular complexity index is 685. The number of carbonyl (C=O) groups is 1. The van der Waals surface area contributed by atoms with Crippen molar-refractivity contribution in [2.45, 2.75) is 13.0 Å². The molecule has 0 atom stereocenters. The van der Waals surface area contributed by atoms with E-state index in [1.54, 1.807) is 24.4 Å². The lowest BCUT2D eigenvalue weighted by atomic mass is 10.3. The number of aryl methyl sites for hydroxylation is 1. The lowest BCUT2D eigenvalue weighted by molar-refractivity contribution is -0.116. The van der Waals surface area contributed by atoms with E-state index in [0.717, 1.165) is 0 Å². The normalized spacial score (nSPS) is 10.3. The molecule has 0 aliphatic heterocycles. The van der Waals surface area contributed by atoms with Gasteiger partial charge in [0, 0.05) is 29.7 Å². The number of benzene rings is 1. The van der Waals surface area contributed by atoms with Crippen molar-refractivity contribution in [3.63, 3.8) is 0 Å². The van der Waals surface area contributed by atoms with Gasteiger partial charge in [-0.05, 0) is 24.3 Å². The predicted octanol–water partition coefficient (Wildman–Crippen LogP) is 2.78.